The average molecular weight is 188 g/mol. The molecule has 0 radical (unpaired) electrons. The van der Waals surface area contributed by atoms with Gasteiger partial charge in [-0.15, -0.1) is 0 Å². The molecule has 3 atom stereocenters. The summed E-state index contributed by atoms with van der Waals surface area (Å²) in [4.78, 5) is 11.4. The molecule has 0 heterocycles. The average Bonchev–Trinajstić information content (AvgIpc) is 2.95. The molecule has 0 bridgehead atoms. The van der Waals surface area contributed by atoms with Gasteiger partial charge in [0.1, 0.15) is 5.78 Å². The van der Waals surface area contributed by atoms with Gasteiger partial charge in [0, 0.05) is 12.8 Å². The fourth-order valence-corrected chi connectivity index (χ4v) is 2.99. The van der Waals surface area contributed by atoms with Crippen LogP contribution in [0.25, 0.3) is 0 Å². The van der Waals surface area contributed by atoms with Crippen LogP contribution >= 0.6 is 0 Å². The standard InChI is InChI=1S/C13H16O/c14-11-5-1-3-9(7-11)12-6-2-4-10-8-13(10)12/h2,4,6,9-10,13H,1,3,5,7-8H2. The molecule has 2 saturated carbocycles. The van der Waals surface area contributed by atoms with E-state index in [9.17, 15) is 4.79 Å². The van der Waals surface area contributed by atoms with Crippen molar-refractivity contribution in [2.24, 2.45) is 17.8 Å². The molecule has 3 rings (SSSR count). The maximum Gasteiger partial charge on any atom is 0.133 e. The van der Waals surface area contributed by atoms with Crippen molar-refractivity contribution in [3.05, 3.63) is 23.8 Å². The van der Waals surface area contributed by atoms with Gasteiger partial charge in [-0.05, 0) is 37.0 Å². The number of carbonyl (C=O) groups excluding carboxylic acids is 1. The minimum atomic E-state index is 0.480. The molecule has 0 aromatic rings. The van der Waals surface area contributed by atoms with Gasteiger partial charge in [-0.2, -0.15) is 0 Å². The molecule has 3 aliphatic rings. The van der Waals surface area contributed by atoms with Crippen molar-refractivity contribution in [2.75, 3.05) is 0 Å². The monoisotopic (exact) mass is 188 g/mol. The molecule has 3 aliphatic carbocycles. The third kappa shape index (κ3) is 1.35. The predicted molar refractivity (Wildman–Crippen MR) is 55.8 cm³/mol. The fraction of sp³-hybridized carbons (Fsp3) is 0.615. The van der Waals surface area contributed by atoms with Gasteiger partial charge in [0.25, 0.3) is 0 Å². The van der Waals surface area contributed by atoms with E-state index in [1.165, 1.54) is 12.8 Å². The molecule has 0 amide bonds. The summed E-state index contributed by atoms with van der Waals surface area (Å²) in [6, 6.07) is 0. The van der Waals surface area contributed by atoms with E-state index in [0.717, 1.165) is 31.1 Å². The van der Waals surface area contributed by atoms with Gasteiger partial charge in [0.05, 0.1) is 0 Å². The van der Waals surface area contributed by atoms with Gasteiger partial charge in [-0.25, -0.2) is 0 Å². The van der Waals surface area contributed by atoms with Gasteiger partial charge in [0.2, 0.25) is 0 Å². The lowest BCUT2D eigenvalue weighted by Crippen LogP contribution is -2.18. The van der Waals surface area contributed by atoms with Gasteiger partial charge >= 0.3 is 0 Å². The van der Waals surface area contributed by atoms with Crippen molar-refractivity contribution >= 4 is 5.78 Å². The highest BCUT2D eigenvalue weighted by Gasteiger charge is 2.42. The normalized spacial score (nSPS) is 40.4. The zero-order valence-corrected chi connectivity index (χ0v) is 8.41. The molecule has 0 aliphatic heterocycles. The summed E-state index contributed by atoms with van der Waals surface area (Å²) in [6.07, 6.45) is 12.1. The Kier molecular flexibility index (Phi) is 1.86. The van der Waals surface area contributed by atoms with Crippen LogP contribution in [-0.2, 0) is 4.79 Å². The molecule has 1 heteroatoms. The number of allylic oxidation sites excluding steroid dienone is 4. The molecular weight excluding hydrogens is 172 g/mol. The van der Waals surface area contributed by atoms with Crippen molar-refractivity contribution in [1.82, 2.24) is 0 Å². The highest BCUT2D eigenvalue weighted by atomic mass is 16.1. The Balaban J connectivity index is 1.78. The van der Waals surface area contributed by atoms with Crippen LogP contribution < -0.4 is 0 Å². The second-order valence-corrected chi connectivity index (χ2v) is 4.89. The number of hydrogen-bond acceptors (Lipinski definition) is 1. The number of hydrogen-bond donors (Lipinski definition) is 0. The second kappa shape index (κ2) is 3.08. The summed E-state index contributed by atoms with van der Waals surface area (Å²) in [7, 11) is 0. The van der Waals surface area contributed by atoms with E-state index in [1.54, 1.807) is 5.57 Å². The molecular formula is C13H16O. The van der Waals surface area contributed by atoms with E-state index in [-0.39, 0.29) is 0 Å². The lowest BCUT2D eigenvalue weighted by Gasteiger charge is -2.24. The van der Waals surface area contributed by atoms with E-state index >= 15 is 0 Å². The summed E-state index contributed by atoms with van der Waals surface area (Å²) in [5, 5.41) is 0. The third-order valence-electron chi connectivity index (χ3n) is 3.87. The molecule has 0 aromatic carbocycles. The molecule has 1 nitrogen and oxygen atoms in total. The second-order valence-electron chi connectivity index (χ2n) is 4.89. The molecule has 14 heavy (non-hydrogen) atoms. The Morgan fingerprint density at radius 3 is 3.14 bits per heavy atom. The van der Waals surface area contributed by atoms with Gasteiger partial charge in [-0.1, -0.05) is 23.8 Å². The summed E-state index contributed by atoms with van der Waals surface area (Å²) in [6.45, 7) is 0. The molecule has 0 spiro atoms. The van der Waals surface area contributed by atoms with E-state index in [0.29, 0.717) is 11.7 Å². The quantitative estimate of drug-likeness (QED) is 0.618. The highest BCUT2D eigenvalue weighted by molar-refractivity contribution is 5.79. The van der Waals surface area contributed by atoms with Crippen LogP contribution in [0.4, 0.5) is 0 Å². The zero-order chi connectivity index (χ0) is 9.54. The maximum atomic E-state index is 11.4. The van der Waals surface area contributed by atoms with Gasteiger partial charge < -0.3 is 0 Å². The summed E-state index contributed by atoms with van der Waals surface area (Å²) in [5.41, 5.74) is 1.59. The van der Waals surface area contributed by atoms with Crippen LogP contribution in [0.5, 0.6) is 0 Å². The largest absolute Gasteiger partial charge is 0.300 e. The first kappa shape index (κ1) is 8.46. The van der Waals surface area contributed by atoms with Crippen LogP contribution in [0.15, 0.2) is 23.8 Å². The van der Waals surface area contributed by atoms with Crippen molar-refractivity contribution in [3.63, 3.8) is 0 Å². The van der Waals surface area contributed by atoms with E-state index in [2.05, 4.69) is 18.2 Å². The minimum Gasteiger partial charge on any atom is -0.300 e. The summed E-state index contributed by atoms with van der Waals surface area (Å²) < 4.78 is 0. The van der Waals surface area contributed by atoms with Crippen LogP contribution in [0, 0.1) is 17.8 Å². The van der Waals surface area contributed by atoms with Crippen LogP contribution in [0.2, 0.25) is 0 Å². The lowest BCUT2D eigenvalue weighted by molar-refractivity contribution is -0.121. The Bertz CT molecular complexity index is 324. The van der Waals surface area contributed by atoms with Crippen molar-refractivity contribution in [3.8, 4) is 0 Å². The van der Waals surface area contributed by atoms with Crippen molar-refractivity contribution in [1.29, 1.82) is 0 Å². The van der Waals surface area contributed by atoms with Crippen LogP contribution in [0.1, 0.15) is 32.1 Å². The Labute approximate surface area is 84.9 Å². The van der Waals surface area contributed by atoms with Crippen molar-refractivity contribution in [2.45, 2.75) is 32.1 Å². The van der Waals surface area contributed by atoms with Gasteiger partial charge in [-0.3, -0.25) is 4.79 Å². The number of Topliss-reactive ketones (excluding diaryl/α,β-unsaturated/α-hetero) is 1. The molecule has 2 fully saturated rings. The molecule has 0 N–H and O–H groups in total. The smallest absolute Gasteiger partial charge is 0.133 e. The lowest BCUT2D eigenvalue weighted by atomic mass is 9.80. The first-order valence-corrected chi connectivity index (χ1v) is 5.74. The van der Waals surface area contributed by atoms with Gasteiger partial charge in [0.15, 0.2) is 0 Å². The number of ketones is 1. The Morgan fingerprint density at radius 1 is 1.36 bits per heavy atom. The number of rotatable bonds is 1. The Morgan fingerprint density at radius 2 is 2.29 bits per heavy atom. The minimum absolute atomic E-state index is 0.480. The summed E-state index contributed by atoms with van der Waals surface area (Å²) in [5.74, 6) is 2.72. The number of carbonyl (C=O) groups is 1. The topological polar surface area (TPSA) is 17.1 Å². The first-order chi connectivity index (χ1) is 6.84. The molecule has 0 saturated heterocycles. The third-order valence-corrected chi connectivity index (χ3v) is 3.87. The molecule has 0 aromatic heterocycles. The Hall–Kier alpha value is -0.850. The highest BCUT2D eigenvalue weighted by Crippen LogP contribution is 2.51. The van der Waals surface area contributed by atoms with E-state index < -0.39 is 0 Å². The summed E-state index contributed by atoms with van der Waals surface area (Å²) >= 11 is 0. The van der Waals surface area contributed by atoms with Crippen LogP contribution in [-0.4, -0.2) is 5.78 Å². The maximum absolute atomic E-state index is 11.4. The molecule has 74 valence electrons. The fourth-order valence-electron chi connectivity index (χ4n) is 2.99. The van der Waals surface area contributed by atoms with E-state index in [4.69, 9.17) is 0 Å². The first-order valence-electron chi connectivity index (χ1n) is 5.74. The SMILES string of the molecule is O=C1CCCC(C2=CC=CC3CC23)C1. The van der Waals surface area contributed by atoms with Crippen LogP contribution in [0.3, 0.4) is 0 Å². The van der Waals surface area contributed by atoms with E-state index in [1.807, 2.05) is 0 Å². The molecule has 3 unspecified atom stereocenters. The predicted octanol–water partition coefficient (Wildman–Crippen LogP) is 2.88. The number of fused-ring (bicyclic) bond motifs is 1. The zero-order valence-electron chi connectivity index (χ0n) is 8.41. The van der Waals surface area contributed by atoms with Crippen molar-refractivity contribution < 1.29 is 4.79 Å².